The summed E-state index contributed by atoms with van der Waals surface area (Å²) >= 11 is 0. The number of ether oxygens (including phenoxy) is 1. The number of amides is 1. The van der Waals surface area contributed by atoms with Gasteiger partial charge in [0.2, 0.25) is 11.7 Å². The number of hydrogen-bond acceptors (Lipinski definition) is 5. The number of nitro groups is 1. The van der Waals surface area contributed by atoms with Crippen molar-refractivity contribution < 1.29 is 23.6 Å². The molecule has 0 saturated heterocycles. The molecule has 0 radical (unpaired) electrons. The molecule has 0 aliphatic carbocycles. The highest BCUT2D eigenvalue weighted by atomic mass is 19.1. The molecule has 0 aromatic heterocycles. The largest absolute Gasteiger partial charge is 0.494 e. The molecule has 0 aliphatic heterocycles. The van der Waals surface area contributed by atoms with E-state index >= 15 is 0 Å². The zero-order valence-corrected chi connectivity index (χ0v) is 14.0. The molecule has 0 saturated carbocycles. The first kappa shape index (κ1) is 19.0. The van der Waals surface area contributed by atoms with Crippen molar-refractivity contribution >= 4 is 23.1 Å². The van der Waals surface area contributed by atoms with Crippen LogP contribution in [0.5, 0.6) is 5.75 Å². The molecule has 0 spiro atoms. The molecule has 7 nitrogen and oxygen atoms in total. The minimum Gasteiger partial charge on any atom is -0.494 e. The zero-order valence-electron chi connectivity index (χ0n) is 14.0. The average molecular weight is 360 g/mol. The molecule has 2 aromatic rings. The van der Waals surface area contributed by atoms with Crippen LogP contribution in [-0.2, 0) is 4.79 Å². The third-order valence-corrected chi connectivity index (χ3v) is 3.49. The van der Waals surface area contributed by atoms with E-state index in [-0.39, 0.29) is 24.3 Å². The molecule has 2 rings (SSSR count). The van der Waals surface area contributed by atoms with Crippen molar-refractivity contribution in [3.8, 4) is 5.75 Å². The van der Waals surface area contributed by atoms with Crippen molar-refractivity contribution in [2.24, 2.45) is 0 Å². The number of anilines is 1. The predicted octanol–water partition coefficient (Wildman–Crippen LogP) is 3.73. The van der Waals surface area contributed by atoms with Gasteiger partial charge in [-0.3, -0.25) is 19.7 Å². The molecule has 26 heavy (non-hydrogen) atoms. The van der Waals surface area contributed by atoms with Crippen LogP contribution < -0.4 is 10.1 Å². The number of nitrogens with one attached hydrogen (secondary N) is 1. The molecule has 0 aliphatic rings. The Hall–Kier alpha value is -3.29. The van der Waals surface area contributed by atoms with Gasteiger partial charge in [-0.05, 0) is 43.3 Å². The first-order valence-corrected chi connectivity index (χ1v) is 7.90. The number of hydrogen-bond donors (Lipinski definition) is 1. The van der Waals surface area contributed by atoms with E-state index in [0.29, 0.717) is 17.9 Å². The lowest BCUT2D eigenvalue weighted by atomic mass is 10.1. The number of carbonyl (C=O) groups is 2. The summed E-state index contributed by atoms with van der Waals surface area (Å²) in [5.41, 5.74) is -0.177. The number of rotatable bonds is 8. The lowest BCUT2D eigenvalue weighted by Gasteiger charge is -2.06. The Labute approximate surface area is 148 Å². The van der Waals surface area contributed by atoms with Crippen LogP contribution in [0.4, 0.5) is 15.8 Å². The highest BCUT2D eigenvalue weighted by Gasteiger charge is 2.16. The molecule has 0 atom stereocenters. The van der Waals surface area contributed by atoms with Gasteiger partial charge in [-0.1, -0.05) is 0 Å². The lowest BCUT2D eigenvalue weighted by Crippen LogP contribution is -2.13. The van der Waals surface area contributed by atoms with E-state index in [1.807, 2.05) is 6.92 Å². The molecule has 0 bridgehead atoms. The summed E-state index contributed by atoms with van der Waals surface area (Å²) in [6.45, 7) is 2.38. The SMILES string of the molecule is CCOc1ccc(C(=O)CCC(=O)Nc2ccc(F)c([N+](=O)[O-])c2)cc1. The Bertz CT molecular complexity index is 821. The smallest absolute Gasteiger partial charge is 0.306 e. The Morgan fingerprint density at radius 2 is 1.85 bits per heavy atom. The van der Waals surface area contributed by atoms with Gasteiger partial charge in [0, 0.05) is 30.2 Å². The second kappa shape index (κ2) is 8.70. The fourth-order valence-electron chi connectivity index (χ4n) is 2.23. The van der Waals surface area contributed by atoms with Crippen molar-refractivity contribution in [2.45, 2.75) is 19.8 Å². The van der Waals surface area contributed by atoms with Crippen LogP contribution in [0.3, 0.4) is 0 Å². The summed E-state index contributed by atoms with van der Waals surface area (Å²) in [4.78, 5) is 33.8. The van der Waals surface area contributed by atoms with Gasteiger partial charge < -0.3 is 10.1 Å². The van der Waals surface area contributed by atoms with Crippen molar-refractivity contribution in [3.05, 3.63) is 64.0 Å². The normalized spacial score (nSPS) is 10.2. The number of nitrogens with zero attached hydrogens (tertiary/aromatic N) is 1. The second-order valence-corrected chi connectivity index (χ2v) is 5.35. The summed E-state index contributed by atoms with van der Waals surface area (Å²) in [6, 6.07) is 9.64. The van der Waals surface area contributed by atoms with E-state index in [0.717, 1.165) is 12.1 Å². The van der Waals surface area contributed by atoms with Crippen LogP contribution in [0.25, 0.3) is 0 Å². The lowest BCUT2D eigenvalue weighted by molar-refractivity contribution is -0.387. The minimum atomic E-state index is -0.987. The number of carbonyl (C=O) groups excluding carboxylic acids is 2. The topological polar surface area (TPSA) is 98.5 Å². The van der Waals surface area contributed by atoms with Crippen LogP contribution in [0, 0.1) is 15.9 Å². The van der Waals surface area contributed by atoms with Gasteiger partial charge in [-0.25, -0.2) is 0 Å². The monoisotopic (exact) mass is 360 g/mol. The maximum atomic E-state index is 13.3. The Kier molecular flexibility index (Phi) is 6.37. The Balaban J connectivity index is 1.91. The minimum absolute atomic E-state index is 0.0247. The van der Waals surface area contributed by atoms with Gasteiger partial charge in [-0.15, -0.1) is 0 Å². The highest BCUT2D eigenvalue weighted by Crippen LogP contribution is 2.22. The molecule has 1 amide bonds. The fourth-order valence-corrected chi connectivity index (χ4v) is 2.23. The summed E-state index contributed by atoms with van der Waals surface area (Å²) in [6.07, 6.45) is -0.125. The summed E-state index contributed by atoms with van der Waals surface area (Å²) < 4.78 is 18.6. The molecule has 0 heterocycles. The van der Waals surface area contributed by atoms with Crippen LogP contribution in [0.15, 0.2) is 42.5 Å². The summed E-state index contributed by atoms with van der Waals surface area (Å²) in [5, 5.41) is 13.1. The standard InChI is InChI=1S/C18H17FN2O5/c1-2-26-14-6-3-12(4-7-14)17(22)9-10-18(23)20-13-5-8-15(19)16(11-13)21(24)25/h3-8,11H,2,9-10H2,1H3,(H,20,23). The predicted molar refractivity (Wildman–Crippen MR) is 92.9 cm³/mol. The maximum absolute atomic E-state index is 13.3. The Morgan fingerprint density at radius 3 is 2.46 bits per heavy atom. The number of benzene rings is 2. The van der Waals surface area contributed by atoms with Crippen LogP contribution in [0.2, 0.25) is 0 Å². The quantitative estimate of drug-likeness (QED) is 0.439. The molecule has 2 aromatic carbocycles. The third-order valence-electron chi connectivity index (χ3n) is 3.49. The van der Waals surface area contributed by atoms with Crippen LogP contribution in [-0.4, -0.2) is 23.2 Å². The number of nitro benzene ring substituents is 1. The number of ketones is 1. The van der Waals surface area contributed by atoms with Crippen LogP contribution in [0.1, 0.15) is 30.1 Å². The third kappa shape index (κ3) is 5.10. The van der Waals surface area contributed by atoms with E-state index in [1.165, 1.54) is 6.07 Å². The van der Waals surface area contributed by atoms with Gasteiger partial charge in [0.15, 0.2) is 5.78 Å². The van der Waals surface area contributed by atoms with E-state index in [2.05, 4.69) is 5.32 Å². The Morgan fingerprint density at radius 1 is 1.15 bits per heavy atom. The molecule has 0 fully saturated rings. The van der Waals surface area contributed by atoms with Crippen molar-refractivity contribution in [1.82, 2.24) is 0 Å². The molecular weight excluding hydrogens is 343 g/mol. The fraction of sp³-hybridized carbons (Fsp3) is 0.222. The first-order valence-electron chi connectivity index (χ1n) is 7.90. The number of Topliss-reactive ketones (excluding diaryl/α,β-unsaturated/α-hetero) is 1. The van der Waals surface area contributed by atoms with Crippen molar-refractivity contribution in [1.29, 1.82) is 0 Å². The highest BCUT2D eigenvalue weighted by molar-refractivity contribution is 6.00. The van der Waals surface area contributed by atoms with E-state index in [9.17, 15) is 24.1 Å². The van der Waals surface area contributed by atoms with E-state index in [4.69, 9.17) is 4.74 Å². The molecule has 1 N–H and O–H groups in total. The maximum Gasteiger partial charge on any atom is 0.306 e. The van der Waals surface area contributed by atoms with Gasteiger partial charge in [0.1, 0.15) is 5.75 Å². The average Bonchev–Trinajstić information content (AvgIpc) is 2.62. The molecule has 136 valence electrons. The van der Waals surface area contributed by atoms with Gasteiger partial charge in [-0.2, -0.15) is 4.39 Å². The van der Waals surface area contributed by atoms with E-state index in [1.54, 1.807) is 24.3 Å². The van der Waals surface area contributed by atoms with Crippen molar-refractivity contribution in [3.63, 3.8) is 0 Å². The second-order valence-electron chi connectivity index (χ2n) is 5.35. The summed E-state index contributed by atoms with van der Waals surface area (Å²) in [5.74, 6) is -1.04. The zero-order chi connectivity index (χ0) is 19.1. The van der Waals surface area contributed by atoms with Gasteiger partial charge in [0.25, 0.3) is 0 Å². The van der Waals surface area contributed by atoms with Gasteiger partial charge >= 0.3 is 5.69 Å². The van der Waals surface area contributed by atoms with E-state index < -0.39 is 22.3 Å². The molecule has 8 heteroatoms. The molecular formula is C18H17FN2O5. The first-order chi connectivity index (χ1) is 12.4. The van der Waals surface area contributed by atoms with Crippen molar-refractivity contribution in [2.75, 3.05) is 11.9 Å². The molecule has 0 unspecified atom stereocenters. The number of halogens is 1. The van der Waals surface area contributed by atoms with Crippen LogP contribution >= 0.6 is 0 Å². The van der Waals surface area contributed by atoms with Gasteiger partial charge in [0.05, 0.1) is 11.5 Å². The summed E-state index contributed by atoms with van der Waals surface area (Å²) in [7, 11) is 0.